The summed E-state index contributed by atoms with van der Waals surface area (Å²) in [6, 6.07) is 2.14. The van der Waals surface area contributed by atoms with Crippen molar-refractivity contribution in [3.63, 3.8) is 0 Å². The lowest BCUT2D eigenvalue weighted by atomic mass is 9.76. The first kappa shape index (κ1) is 14.4. The summed E-state index contributed by atoms with van der Waals surface area (Å²) in [5, 5.41) is 0. The zero-order chi connectivity index (χ0) is 15.1. The van der Waals surface area contributed by atoms with Crippen molar-refractivity contribution in [3.8, 4) is 0 Å². The molecule has 1 fully saturated rings. The summed E-state index contributed by atoms with van der Waals surface area (Å²) in [5.74, 6) is 0. The number of rotatable bonds is 0. The first-order valence-electron chi connectivity index (χ1n) is 7.77. The molecule has 3 rings (SSSR count). The smallest absolute Gasteiger partial charge is 0.410 e. The van der Waals surface area contributed by atoms with Crippen LogP contribution in [0.25, 0.3) is 0 Å². The molecule has 114 valence electrons. The highest BCUT2D eigenvalue weighted by Crippen LogP contribution is 2.44. The predicted molar refractivity (Wildman–Crippen MR) is 81.1 cm³/mol. The highest BCUT2D eigenvalue weighted by Gasteiger charge is 2.41. The molecule has 2 aliphatic rings. The first-order valence-corrected chi connectivity index (χ1v) is 7.77. The number of fused-ring (bicyclic) bond motifs is 1. The third kappa shape index (κ3) is 3.04. The summed E-state index contributed by atoms with van der Waals surface area (Å²) in [6.07, 6.45) is 8.07. The van der Waals surface area contributed by atoms with Crippen LogP contribution in [0.2, 0.25) is 0 Å². The van der Waals surface area contributed by atoms with Crippen LogP contribution >= 0.6 is 0 Å². The molecule has 0 N–H and O–H groups in total. The van der Waals surface area contributed by atoms with Gasteiger partial charge in [0.15, 0.2) is 0 Å². The minimum atomic E-state index is -0.415. The summed E-state index contributed by atoms with van der Waals surface area (Å²) in [7, 11) is 0. The maximum atomic E-state index is 12.1. The second-order valence-corrected chi connectivity index (χ2v) is 7.47. The van der Waals surface area contributed by atoms with Gasteiger partial charge in [0.2, 0.25) is 0 Å². The number of hydrogen-bond acceptors (Lipinski definition) is 3. The number of amides is 1. The van der Waals surface area contributed by atoms with E-state index in [0.717, 1.165) is 38.8 Å². The van der Waals surface area contributed by atoms with E-state index < -0.39 is 5.60 Å². The summed E-state index contributed by atoms with van der Waals surface area (Å²) in [6.45, 7) is 7.34. The molecule has 0 radical (unpaired) electrons. The van der Waals surface area contributed by atoms with Gasteiger partial charge in [0.05, 0.1) is 0 Å². The number of carbonyl (C=O) groups is 1. The molecule has 1 aliphatic heterocycles. The van der Waals surface area contributed by atoms with Crippen molar-refractivity contribution in [2.45, 2.75) is 52.1 Å². The lowest BCUT2D eigenvalue weighted by Crippen LogP contribution is -2.45. The molecule has 4 heteroatoms. The molecule has 0 bridgehead atoms. The Morgan fingerprint density at radius 2 is 1.90 bits per heavy atom. The molecule has 0 unspecified atom stereocenters. The Hall–Kier alpha value is -1.58. The van der Waals surface area contributed by atoms with Crippen LogP contribution in [0.5, 0.6) is 0 Å². The van der Waals surface area contributed by atoms with E-state index in [9.17, 15) is 4.79 Å². The molecule has 0 saturated carbocycles. The minimum absolute atomic E-state index is 0.172. The number of pyridine rings is 1. The Kier molecular flexibility index (Phi) is 3.42. The quantitative estimate of drug-likeness (QED) is 0.736. The number of nitrogens with zero attached hydrogens (tertiary/aromatic N) is 2. The van der Waals surface area contributed by atoms with Gasteiger partial charge in [0, 0.05) is 25.5 Å². The van der Waals surface area contributed by atoms with E-state index >= 15 is 0 Å². The van der Waals surface area contributed by atoms with Crippen molar-refractivity contribution in [2.24, 2.45) is 5.41 Å². The Labute approximate surface area is 126 Å². The van der Waals surface area contributed by atoms with Crippen molar-refractivity contribution in [2.75, 3.05) is 13.1 Å². The van der Waals surface area contributed by atoms with Gasteiger partial charge < -0.3 is 9.64 Å². The summed E-state index contributed by atoms with van der Waals surface area (Å²) in [4.78, 5) is 18.2. The van der Waals surface area contributed by atoms with Crippen molar-refractivity contribution in [1.82, 2.24) is 9.88 Å². The fraction of sp³-hybridized carbons (Fsp3) is 0.647. The van der Waals surface area contributed by atoms with Crippen molar-refractivity contribution in [3.05, 3.63) is 29.6 Å². The van der Waals surface area contributed by atoms with Gasteiger partial charge in [-0.15, -0.1) is 0 Å². The molecular weight excluding hydrogens is 264 g/mol. The van der Waals surface area contributed by atoms with Crippen LogP contribution in [-0.2, 0) is 17.6 Å². The van der Waals surface area contributed by atoms with E-state index in [0.29, 0.717) is 5.41 Å². The summed E-state index contributed by atoms with van der Waals surface area (Å²) in [5.41, 5.74) is 2.75. The van der Waals surface area contributed by atoms with Crippen LogP contribution in [0.15, 0.2) is 18.5 Å². The third-order valence-electron chi connectivity index (χ3n) is 4.61. The number of hydrogen-bond donors (Lipinski definition) is 0. The van der Waals surface area contributed by atoms with Gasteiger partial charge >= 0.3 is 6.09 Å². The second kappa shape index (κ2) is 5.00. The zero-order valence-corrected chi connectivity index (χ0v) is 13.2. The van der Waals surface area contributed by atoms with E-state index in [1.54, 1.807) is 0 Å². The van der Waals surface area contributed by atoms with Gasteiger partial charge in [0.1, 0.15) is 5.60 Å². The summed E-state index contributed by atoms with van der Waals surface area (Å²) >= 11 is 0. The Morgan fingerprint density at radius 1 is 1.24 bits per heavy atom. The topological polar surface area (TPSA) is 42.4 Å². The Bertz CT molecular complexity index is 513. The summed E-state index contributed by atoms with van der Waals surface area (Å²) < 4.78 is 5.47. The number of piperidine rings is 1. The molecular formula is C17H24N2O2. The first-order chi connectivity index (χ1) is 9.87. The van der Waals surface area contributed by atoms with Gasteiger partial charge in [0.25, 0.3) is 0 Å². The van der Waals surface area contributed by atoms with Gasteiger partial charge in [-0.1, -0.05) is 0 Å². The van der Waals surface area contributed by atoms with E-state index in [1.807, 2.05) is 38.1 Å². The van der Waals surface area contributed by atoms with Gasteiger partial charge in [-0.25, -0.2) is 4.79 Å². The normalized spacial score (nSPS) is 20.4. The largest absolute Gasteiger partial charge is 0.444 e. The molecule has 1 amide bonds. The lowest BCUT2D eigenvalue weighted by Gasteiger charge is -2.39. The molecule has 0 aromatic carbocycles. The van der Waals surface area contributed by atoms with Gasteiger partial charge in [-0.05, 0) is 69.1 Å². The average Bonchev–Trinajstić information content (AvgIpc) is 2.75. The number of carbonyl (C=O) groups excluding carboxylic acids is 1. The maximum absolute atomic E-state index is 12.1. The third-order valence-corrected chi connectivity index (χ3v) is 4.61. The van der Waals surface area contributed by atoms with Crippen LogP contribution in [0.4, 0.5) is 4.79 Å². The average molecular weight is 288 g/mol. The predicted octanol–water partition coefficient (Wildman–Crippen LogP) is 3.20. The molecule has 2 heterocycles. The van der Waals surface area contributed by atoms with Crippen LogP contribution in [-0.4, -0.2) is 34.7 Å². The van der Waals surface area contributed by atoms with E-state index in [2.05, 4.69) is 11.1 Å². The molecule has 1 spiro atoms. The van der Waals surface area contributed by atoms with E-state index in [4.69, 9.17) is 4.74 Å². The lowest BCUT2D eigenvalue weighted by molar-refractivity contribution is 0.0111. The van der Waals surface area contributed by atoms with Crippen LogP contribution in [0.1, 0.15) is 44.7 Å². The SMILES string of the molecule is CC(C)(C)OC(=O)N1CCC2(CC1)Cc1ccncc1C2. The van der Waals surface area contributed by atoms with Gasteiger partial charge in [-0.3, -0.25) is 4.98 Å². The standard InChI is InChI=1S/C17H24N2O2/c1-16(2,3)21-15(20)19-8-5-17(6-9-19)10-13-4-7-18-12-14(13)11-17/h4,7,12H,5-6,8-11H2,1-3H3. The number of aromatic nitrogens is 1. The number of likely N-dealkylation sites (tertiary alicyclic amines) is 1. The van der Waals surface area contributed by atoms with E-state index in [-0.39, 0.29) is 6.09 Å². The van der Waals surface area contributed by atoms with E-state index in [1.165, 1.54) is 11.1 Å². The van der Waals surface area contributed by atoms with Crippen molar-refractivity contribution < 1.29 is 9.53 Å². The molecule has 1 aromatic heterocycles. The Balaban J connectivity index is 1.61. The van der Waals surface area contributed by atoms with Crippen LogP contribution in [0, 0.1) is 5.41 Å². The zero-order valence-electron chi connectivity index (χ0n) is 13.2. The van der Waals surface area contributed by atoms with Gasteiger partial charge in [-0.2, -0.15) is 0 Å². The molecule has 21 heavy (non-hydrogen) atoms. The monoisotopic (exact) mass is 288 g/mol. The van der Waals surface area contributed by atoms with Crippen molar-refractivity contribution >= 4 is 6.09 Å². The highest BCUT2D eigenvalue weighted by atomic mass is 16.6. The number of ether oxygens (including phenoxy) is 1. The molecule has 1 saturated heterocycles. The van der Waals surface area contributed by atoms with Crippen LogP contribution in [0.3, 0.4) is 0 Å². The fourth-order valence-corrected chi connectivity index (χ4v) is 3.50. The maximum Gasteiger partial charge on any atom is 0.410 e. The molecule has 0 atom stereocenters. The highest BCUT2D eigenvalue weighted by molar-refractivity contribution is 5.68. The molecule has 4 nitrogen and oxygen atoms in total. The van der Waals surface area contributed by atoms with Crippen LogP contribution < -0.4 is 0 Å². The molecule has 1 aromatic rings. The fourth-order valence-electron chi connectivity index (χ4n) is 3.50. The van der Waals surface area contributed by atoms with Crippen molar-refractivity contribution in [1.29, 1.82) is 0 Å². The second-order valence-electron chi connectivity index (χ2n) is 7.47. The Morgan fingerprint density at radius 3 is 2.52 bits per heavy atom. The minimum Gasteiger partial charge on any atom is -0.444 e. The molecule has 1 aliphatic carbocycles.